The Morgan fingerprint density at radius 2 is 1.67 bits per heavy atom. The predicted octanol–water partition coefficient (Wildman–Crippen LogP) is 3.35. The first kappa shape index (κ1) is 17.7. The highest BCUT2D eigenvalue weighted by atomic mass is 35.5. The van der Waals surface area contributed by atoms with Crippen LogP contribution in [-0.2, 0) is 6.54 Å². The fraction of sp³-hybridized carbons (Fsp3) is 0.250. The van der Waals surface area contributed by atoms with Gasteiger partial charge in [-0.3, -0.25) is 9.69 Å². The number of hydrogen-bond donors (Lipinski definition) is 0. The van der Waals surface area contributed by atoms with Gasteiger partial charge in [-0.1, -0.05) is 29.8 Å². The van der Waals surface area contributed by atoms with Crippen LogP contribution >= 0.6 is 11.6 Å². The number of benzene rings is 2. The summed E-state index contributed by atoms with van der Waals surface area (Å²) in [4.78, 5) is 16.6. The number of nitrogens with zero attached hydrogens (tertiary/aromatic N) is 4. The van der Waals surface area contributed by atoms with E-state index < -0.39 is 0 Å². The van der Waals surface area contributed by atoms with Crippen molar-refractivity contribution >= 4 is 17.5 Å². The normalized spacial score (nSPS) is 15.1. The third kappa shape index (κ3) is 4.18. The van der Waals surface area contributed by atoms with Crippen LogP contribution in [-0.4, -0.2) is 52.1 Å². The Balaban J connectivity index is 1.33. The Hall–Kier alpha value is -2.70. The summed E-state index contributed by atoms with van der Waals surface area (Å²) < 4.78 is 5.77. The molecule has 3 aromatic rings. The zero-order valence-corrected chi connectivity index (χ0v) is 15.5. The molecular formula is C20H19ClN4O2. The molecule has 1 amide bonds. The monoisotopic (exact) mass is 382 g/mol. The van der Waals surface area contributed by atoms with Crippen LogP contribution in [0, 0.1) is 0 Å². The van der Waals surface area contributed by atoms with E-state index in [1.54, 1.807) is 24.3 Å². The topological polar surface area (TPSA) is 62.5 Å². The summed E-state index contributed by atoms with van der Waals surface area (Å²) >= 11 is 5.89. The van der Waals surface area contributed by atoms with Crippen LogP contribution in [0.25, 0.3) is 11.5 Å². The van der Waals surface area contributed by atoms with Crippen molar-refractivity contribution in [3.05, 3.63) is 71.1 Å². The molecule has 1 aliphatic rings. The number of piperazine rings is 1. The van der Waals surface area contributed by atoms with Crippen LogP contribution in [0.5, 0.6) is 0 Å². The molecule has 0 aliphatic carbocycles. The van der Waals surface area contributed by atoms with Gasteiger partial charge in [0, 0.05) is 42.3 Å². The van der Waals surface area contributed by atoms with E-state index in [-0.39, 0.29) is 5.91 Å². The van der Waals surface area contributed by atoms with Gasteiger partial charge in [0.05, 0.1) is 6.54 Å². The molecule has 1 fully saturated rings. The first-order chi connectivity index (χ1) is 13.2. The Morgan fingerprint density at radius 3 is 2.37 bits per heavy atom. The van der Waals surface area contributed by atoms with Gasteiger partial charge in [-0.15, -0.1) is 10.2 Å². The lowest BCUT2D eigenvalue weighted by Crippen LogP contribution is -2.48. The number of aromatic nitrogens is 2. The molecule has 4 rings (SSSR count). The Labute approximate surface area is 162 Å². The van der Waals surface area contributed by atoms with E-state index in [1.165, 1.54) is 0 Å². The molecular weight excluding hydrogens is 364 g/mol. The number of carbonyl (C=O) groups is 1. The molecule has 138 valence electrons. The van der Waals surface area contributed by atoms with Crippen molar-refractivity contribution < 1.29 is 9.21 Å². The van der Waals surface area contributed by atoms with E-state index in [0.29, 0.717) is 42.0 Å². The van der Waals surface area contributed by atoms with Crippen LogP contribution in [0.2, 0.25) is 5.02 Å². The van der Waals surface area contributed by atoms with E-state index in [2.05, 4.69) is 15.1 Å². The lowest BCUT2D eigenvalue weighted by atomic mass is 10.2. The first-order valence-electron chi connectivity index (χ1n) is 8.84. The lowest BCUT2D eigenvalue weighted by Gasteiger charge is -2.34. The summed E-state index contributed by atoms with van der Waals surface area (Å²) in [5.74, 6) is 1.16. The molecule has 6 nitrogen and oxygen atoms in total. The highest BCUT2D eigenvalue weighted by Gasteiger charge is 2.23. The van der Waals surface area contributed by atoms with E-state index >= 15 is 0 Å². The van der Waals surface area contributed by atoms with Crippen LogP contribution in [0.4, 0.5) is 0 Å². The smallest absolute Gasteiger partial charge is 0.253 e. The molecule has 0 unspecified atom stereocenters. The van der Waals surface area contributed by atoms with Gasteiger partial charge in [0.15, 0.2) is 0 Å². The molecule has 0 bridgehead atoms. The highest BCUT2D eigenvalue weighted by molar-refractivity contribution is 6.30. The van der Waals surface area contributed by atoms with Crippen molar-refractivity contribution in [1.82, 2.24) is 20.0 Å². The van der Waals surface area contributed by atoms with E-state index in [0.717, 1.165) is 18.7 Å². The SMILES string of the molecule is O=C(c1ccc(Cl)cc1)N1CCN(Cc2nnc(-c3ccccc3)o2)CC1. The van der Waals surface area contributed by atoms with Crippen molar-refractivity contribution in [3.8, 4) is 11.5 Å². The largest absolute Gasteiger partial charge is 0.419 e. The first-order valence-corrected chi connectivity index (χ1v) is 9.22. The fourth-order valence-corrected chi connectivity index (χ4v) is 3.22. The molecule has 1 aromatic heterocycles. The minimum Gasteiger partial charge on any atom is -0.419 e. The van der Waals surface area contributed by atoms with Crippen molar-refractivity contribution in [2.75, 3.05) is 26.2 Å². The highest BCUT2D eigenvalue weighted by Crippen LogP contribution is 2.18. The summed E-state index contributed by atoms with van der Waals surface area (Å²) in [6, 6.07) is 16.7. The lowest BCUT2D eigenvalue weighted by molar-refractivity contribution is 0.0618. The standard InChI is InChI=1S/C20H19ClN4O2/c21-17-8-6-16(7-9-17)20(26)25-12-10-24(11-13-25)14-18-22-23-19(27-18)15-4-2-1-3-5-15/h1-9H,10-14H2. The van der Waals surface area contributed by atoms with E-state index in [4.69, 9.17) is 16.0 Å². The quantitative estimate of drug-likeness (QED) is 0.692. The summed E-state index contributed by atoms with van der Waals surface area (Å²) in [6.07, 6.45) is 0. The van der Waals surface area contributed by atoms with Gasteiger partial charge >= 0.3 is 0 Å². The van der Waals surface area contributed by atoms with Gasteiger partial charge in [0.2, 0.25) is 11.8 Å². The van der Waals surface area contributed by atoms with Gasteiger partial charge in [-0.25, -0.2) is 0 Å². The average molecular weight is 383 g/mol. The second-order valence-electron chi connectivity index (χ2n) is 6.44. The second-order valence-corrected chi connectivity index (χ2v) is 6.88. The number of amides is 1. The summed E-state index contributed by atoms with van der Waals surface area (Å²) in [5, 5.41) is 8.90. The summed E-state index contributed by atoms with van der Waals surface area (Å²) in [6.45, 7) is 3.45. The predicted molar refractivity (Wildman–Crippen MR) is 102 cm³/mol. The minimum absolute atomic E-state index is 0.0375. The maximum atomic E-state index is 12.6. The van der Waals surface area contributed by atoms with E-state index in [9.17, 15) is 4.79 Å². The van der Waals surface area contributed by atoms with Crippen molar-refractivity contribution in [3.63, 3.8) is 0 Å². The Morgan fingerprint density at radius 1 is 0.963 bits per heavy atom. The molecule has 0 spiro atoms. The number of halogens is 1. The molecule has 0 atom stereocenters. The number of carbonyl (C=O) groups excluding carboxylic acids is 1. The van der Waals surface area contributed by atoms with Crippen LogP contribution in [0.1, 0.15) is 16.2 Å². The van der Waals surface area contributed by atoms with Crippen molar-refractivity contribution in [2.24, 2.45) is 0 Å². The molecule has 1 aliphatic heterocycles. The Kier molecular flexibility index (Phi) is 5.18. The minimum atomic E-state index is 0.0375. The third-order valence-electron chi connectivity index (χ3n) is 4.60. The molecule has 2 heterocycles. The zero-order chi connectivity index (χ0) is 18.6. The fourth-order valence-electron chi connectivity index (χ4n) is 3.09. The molecule has 7 heteroatoms. The summed E-state index contributed by atoms with van der Waals surface area (Å²) in [7, 11) is 0. The van der Waals surface area contributed by atoms with E-state index in [1.807, 2.05) is 35.2 Å². The van der Waals surface area contributed by atoms with Gasteiger partial charge in [-0.2, -0.15) is 0 Å². The van der Waals surface area contributed by atoms with Crippen LogP contribution in [0.3, 0.4) is 0 Å². The van der Waals surface area contributed by atoms with Gasteiger partial charge in [0.25, 0.3) is 5.91 Å². The zero-order valence-electron chi connectivity index (χ0n) is 14.7. The molecule has 2 aromatic carbocycles. The summed E-state index contributed by atoms with van der Waals surface area (Å²) in [5.41, 5.74) is 1.58. The third-order valence-corrected chi connectivity index (χ3v) is 4.85. The van der Waals surface area contributed by atoms with Gasteiger partial charge < -0.3 is 9.32 Å². The Bertz CT molecular complexity index is 903. The van der Waals surface area contributed by atoms with Crippen LogP contribution < -0.4 is 0 Å². The van der Waals surface area contributed by atoms with Crippen molar-refractivity contribution in [1.29, 1.82) is 0 Å². The second kappa shape index (κ2) is 7.90. The molecule has 0 saturated carbocycles. The molecule has 27 heavy (non-hydrogen) atoms. The molecule has 0 N–H and O–H groups in total. The maximum absolute atomic E-state index is 12.6. The number of hydrogen-bond acceptors (Lipinski definition) is 5. The van der Waals surface area contributed by atoms with Gasteiger partial charge in [0.1, 0.15) is 0 Å². The molecule has 1 saturated heterocycles. The van der Waals surface area contributed by atoms with Crippen molar-refractivity contribution in [2.45, 2.75) is 6.54 Å². The molecule has 0 radical (unpaired) electrons. The van der Waals surface area contributed by atoms with Gasteiger partial charge in [-0.05, 0) is 36.4 Å². The average Bonchev–Trinajstić information content (AvgIpc) is 3.18. The number of rotatable bonds is 4. The maximum Gasteiger partial charge on any atom is 0.253 e. The van der Waals surface area contributed by atoms with Crippen LogP contribution in [0.15, 0.2) is 59.0 Å².